The van der Waals surface area contributed by atoms with E-state index in [4.69, 9.17) is 16.3 Å². The normalized spacial score (nSPS) is 10.0. The lowest BCUT2D eigenvalue weighted by Gasteiger charge is -2.02. The highest BCUT2D eigenvalue weighted by atomic mass is 35.5. The SMILES string of the molecule is Fc1cc(Cl)nc(Oc2ccccc2)n1. The molecule has 2 rings (SSSR count). The summed E-state index contributed by atoms with van der Waals surface area (Å²) in [4.78, 5) is 7.17. The molecule has 0 unspecified atom stereocenters. The minimum Gasteiger partial charge on any atom is -0.424 e. The Kier molecular flexibility index (Phi) is 2.78. The smallest absolute Gasteiger partial charge is 0.326 e. The summed E-state index contributed by atoms with van der Waals surface area (Å²) in [6.45, 7) is 0. The van der Waals surface area contributed by atoms with E-state index in [0.29, 0.717) is 5.75 Å². The topological polar surface area (TPSA) is 35.0 Å². The molecule has 0 spiro atoms. The van der Waals surface area contributed by atoms with E-state index in [9.17, 15) is 4.39 Å². The predicted molar refractivity (Wildman–Crippen MR) is 53.5 cm³/mol. The van der Waals surface area contributed by atoms with Crippen molar-refractivity contribution in [2.45, 2.75) is 0 Å². The molecule has 0 fully saturated rings. The first-order chi connectivity index (χ1) is 7.24. The molecule has 0 N–H and O–H groups in total. The highest BCUT2D eigenvalue weighted by molar-refractivity contribution is 6.29. The second-order valence-electron chi connectivity index (χ2n) is 2.71. The van der Waals surface area contributed by atoms with Crippen LogP contribution in [0.1, 0.15) is 0 Å². The molecular weight excluding hydrogens is 219 g/mol. The Bertz CT molecular complexity index is 444. The molecule has 15 heavy (non-hydrogen) atoms. The summed E-state index contributed by atoms with van der Waals surface area (Å²) in [5, 5.41) is 0.00781. The summed E-state index contributed by atoms with van der Waals surface area (Å²) in [5.41, 5.74) is 0. The van der Waals surface area contributed by atoms with Crippen molar-refractivity contribution in [3.8, 4) is 11.8 Å². The lowest BCUT2D eigenvalue weighted by molar-refractivity contribution is 0.424. The number of halogens is 2. The van der Waals surface area contributed by atoms with Gasteiger partial charge in [0, 0.05) is 6.07 Å². The molecule has 0 saturated heterocycles. The average molecular weight is 225 g/mol. The first-order valence-electron chi connectivity index (χ1n) is 4.17. The summed E-state index contributed by atoms with van der Waals surface area (Å²) < 4.78 is 18.0. The van der Waals surface area contributed by atoms with Gasteiger partial charge in [0.2, 0.25) is 5.95 Å². The van der Waals surface area contributed by atoms with Gasteiger partial charge in [-0.25, -0.2) is 0 Å². The summed E-state index contributed by atoms with van der Waals surface area (Å²) in [7, 11) is 0. The van der Waals surface area contributed by atoms with Gasteiger partial charge in [0.25, 0.3) is 0 Å². The van der Waals surface area contributed by atoms with Crippen LogP contribution in [0.4, 0.5) is 4.39 Å². The van der Waals surface area contributed by atoms with Gasteiger partial charge in [-0.15, -0.1) is 0 Å². The third kappa shape index (κ3) is 2.63. The second kappa shape index (κ2) is 4.23. The molecule has 0 saturated carbocycles. The molecule has 0 aliphatic carbocycles. The Balaban J connectivity index is 2.25. The first-order valence-corrected chi connectivity index (χ1v) is 4.55. The van der Waals surface area contributed by atoms with Crippen LogP contribution in [-0.2, 0) is 0 Å². The van der Waals surface area contributed by atoms with Crippen molar-refractivity contribution in [3.05, 3.63) is 47.5 Å². The van der Waals surface area contributed by atoms with Crippen LogP contribution in [0.3, 0.4) is 0 Å². The zero-order valence-electron chi connectivity index (χ0n) is 7.52. The van der Waals surface area contributed by atoms with E-state index >= 15 is 0 Å². The first kappa shape index (κ1) is 9.86. The van der Waals surface area contributed by atoms with Crippen LogP contribution >= 0.6 is 11.6 Å². The molecule has 0 radical (unpaired) electrons. The molecular formula is C10H6ClFN2O. The molecule has 5 heteroatoms. The predicted octanol–water partition coefficient (Wildman–Crippen LogP) is 3.06. The van der Waals surface area contributed by atoms with E-state index in [1.807, 2.05) is 6.07 Å². The van der Waals surface area contributed by atoms with Crippen LogP contribution in [0.15, 0.2) is 36.4 Å². The maximum atomic E-state index is 12.8. The number of benzene rings is 1. The lowest BCUT2D eigenvalue weighted by atomic mass is 10.3. The van der Waals surface area contributed by atoms with Gasteiger partial charge in [0.15, 0.2) is 0 Å². The number of aromatic nitrogens is 2. The van der Waals surface area contributed by atoms with Crippen molar-refractivity contribution in [2.24, 2.45) is 0 Å². The van der Waals surface area contributed by atoms with Gasteiger partial charge in [-0.2, -0.15) is 14.4 Å². The van der Waals surface area contributed by atoms with Crippen molar-refractivity contribution in [3.63, 3.8) is 0 Å². The van der Waals surface area contributed by atoms with E-state index in [1.165, 1.54) is 0 Å². The Morgan fingerprint density at radius 3 is 2.53 bits per heavy atom. The van der Waals surface area contributed by atoms with Gasteiger partial charge in [0.1, 0.15) is 10.9 Å². The van der Waals surface area contributed by atoms with Crippen molar-refractivity contribution in [1.82, 2.24) is 9.97 Å². The van der Waals surface area contributed by atoms with Gasteiger partial charge in [-0.3, -0.25) is 0 Å². The third-order valence-corrected chi connectivity index (χ3v) is 1.79. The Hall–Kier alpha value is -1.68. The van der Waals surface area contributed by atoms with Crippen LogP contribution in [0.5, 0.6) is 11.8 Å². The van der Waals surface area contributed by atoms with Crippen LogP contribution in [0.2, 0.25) is 5.15 Å². The quantitative estimate of drug-likeness (QED) is 0.736. The van der Waals surface area contributed by atoms with Crippen molar-refractivity contribution >= 4 is 11.6 Å². The number of nitrogens with zero attached hydrogens (tertiary/aromatic N) is 2. The Morgan fingerprint density at radius 1 is 1.13 bits per heavy atom. The molecule has 0 aliphatic rings. The molecule has 0 aliphatic heterocycles. The van der Waals surface area contributed by atoms with E-state index < -0.39 is 5.95 Å². The van der Waals surface area contributed by atoms with Gasteiger partial charge < -0.3 is 4.74 Å². The van der Waals surface area contributed by atoms with Crippen LogP contribution in [0, 0.1) is 5.95 Å². The van der Waals surface area contributed by atoms with Crippen molar-refractivity contribution < 1.29 is 9.13 Å². The Labute approximate surface area is 90.5 Å². The van der Waals surface area contributed by atoms with Gasteiger partial charge in [-0.1, -0.05) is 29.8 Å². The summed E-state index contributed by atoms with van der Waals surface area (Å²) >= 11 is 5.55. The molecule has 0 amide bonds. The van der Waals surface area contributed by atoms with Crippen LogP contribution in [0.25, 0.3) is 0 Å². The van der Waals surface area contributed by atoms with Crippen LogP contribution in [-0.4, -0.2) is 9.97 Å². The summed E-state index contributed by atoms with van der Waals surface area (Å²) in [5.74, 6) is -0.194. The minimum atomic E-state index is -0.721. The molecule has 3 nitrogen and oxygen atoms in total. The van der Waals surface area contributed by atoms with Crippen molar-refractivity contribution in [2.75, 3.05) is 0 Å². The molecule has 2 aromatic rings. The van der Waals surface area contributed by atoms with Gasteiger partial charge in [0.05, 0.1) is 0 Å². The third-order valence-electron chi connectivity index (χ3n) is 1.60. The maximum Gasteiger partial charge on any atom is 0.326 e. The molecule has 1 aromatic carbocycles. The zero-order chi connectivity index (χ0) is 10.7. The molecule has 1 heterocycles. The number of rotatable bonds is 2. The van der Waals surface area contributed by atoms with Crippen LogP contribution < -0.4 is 4.74 Å². The fraction of sp³-hybridized carbons (Fsp3) is 0. The maximum absolute atomic E-state index is 12.8. The molecule has 1 aromatic heterocycles. The van der Waals surface area contributed by atoms with Gasteiger partial charge >= 0.3 is 6.01 Å². The number of hydrogen-bond donors (Lipinski definition) is 0. The molecule has 0 atom stereocenters. The Morgan fingerprint density at radius 2 is 1.87 bits per heavy atom. The zero-order valence-corrected chi connectivity index (χ0v) is 8.28. The number of para-hydroxylation sites is 1. The monoisotopic (exact) mass is 224 g/mol. The fourth-order valence-corrected chi connectivity index (χ4v) is 1.17. The molecule has 0 bridgehead atoms. The van der Waals surface area contributed by atoms with E-state index in [1.54, 1.807) is 24.3 Å². The van der Waals surface area contributed by atoms with Gasteiger partial charge in [-0.05, 0) is 12.1 Å². The summed E-state index contributed by atoms with van der Waals surface area (Å²) in [6.07, 6.45) is 0. The fourth-order valence-electron chi connectivity index (χ4n) is 1.01. The van der Waals surface area contributed by atoms with E-state index in [0.717, 1.165) is 6.07 Å². The molecule has 76 valence electrons. The van der Waals surface area contributed by atoms with Crippen molar-refractivity contribution in [1.29, 1.82) is 0 Å². The highest BCUT2D eigenvalue weighted by Crippen LogP contribution is 2.18. The minimum absolute atomic E-state index is 0.00781. The standard InChI is InChI=1S/C10H6ClFN2O/c11-8-6-9(12)14-10(13-8)15-7-4-2-1-3-5-7/h1-6H. The largest absolute Gasteiger partial charge is 0.424 e. The lowest BCUT2D eigenvalue weighted by Crippen LogP contribution is -1.94. The van der Waals surface area contributed by atoms with E-state index in [-0.39, 0.29) is 11.2 Å². The summed E-state index contributed by atoms with van der Waals surface area (Å²) in [6, 6.07) is 9.74. The number of hydrogen-bond acceptors (Lipinski definition) is 3. The second-order valence-corrected chi connectivity index (χ2v) is 3.10. The number of ether oxygens (including phenoxy) is 1. The highest BCUT2D eigenvalue weighted by Gasteiger charge is 2.04. The average Bonchev–Trinajstić information content (AvgIpc) is 2.17. The van der Waals surface area contributed by atoms with E-state index in [2.05, 4.69) is 9.97 Å².